The lowest BCUT2D eigenvalue weighted by molar-refractivity contribution is 0.189. The molecule has 1 saturated carbocycles. The molecule has 12 heavy (non-hydrogen) atoms. The van der Waals surface area contributed by atoms with E-state index in [1.165, 1.54) is 25.7 Å². The molecule has 0 saturated heterocycles. The minimum absolute atomic E-state index is 0.630. The summed E-state index contributed by atoms with van der Waals surface area (Å²) in [6.07, 6.45) is 5.68. The summed E-state index contributed by atoms with van der Waals surface area (Å²) in [4.78, 5) is 0. The summed E-state index contributed by atoms with van der Waals surface area (Å²) in [6.45, 7) is 12.0. The standard InChI is InChI=1S/C12H24/c1-6-11(4)7-8-12(5,9-11)10(2)3/h10H,6-9H2,1-5H3. The first-order chi connectivity index (χ1) is 5.42. The summed E-state index contributed by atoms with van der Waals surface area (Å²) in [6, 6.07) is 0. The van der Waals surface area contributed by atoms with Crippen molar-refractivity contribution in [3.63, 3.8) is 0 Å². The molecule has 0 spiro atoms. The second-order valence-corrected chi connectivity index (χ2v) is 5.65. The lowest BCUT2D eigenvalue weighted by Crippen LogP contribution is -2.22. The largest absolute Gasteiger partial charge is 0.0649 e. The van der Waals surface area contributed by atoms with Crippen molar-refractivity contribution in [3.8, 4) is 0 Å². The molecule has 0 heterocycles. The van der Waals surface area contributed by atoms with Crippen LogP contribution in [0.25, 0.3) is 0 Å². The molecule has 72 valence electrons. The van der Waals surface area contributed by atoms with Crippen LogP contribution in [0.4, 0.5) is 0 Å². The maximum absolute atomic E-state index is 2.47. The van der Waals surface area contributed by atoms with Gasteiger partial charge in [0.25, 0.3) is 0 Å². The molecule has 0 amide bonds. The first-order valence-electron chi connectivity index (χ1n) is 5.42. The van der Waals surface area contributed by atoms with Crippen LogP contribution < -0.4 is 0 Å². The molecule has 0 aromatic carbocycles. The predicted molar refractivity (Wildman–Crippen MR) is 55.2 cm³/mol. The van der Waals surface area contributed by atoms with E-state index < -0.39 is 0 Å². The van der Waals surface area contributed by atoms with Gasteiger partial charge in [-0.2, -0.15) is 0 Å². The van der Waals surface area contributed by atoms with Crippen LogP contribution in [0.15, 0.2) is 0 Å². The highest BCUT2D eigenvalue weighted by atomic mass is 14.5. The van der Waals surface area contributed by atoms with Crippen molar-refractivity contribution in [1.29, 1.82) is 0 Å². The average molecular weight is 168 g/mol. The molecule has 2 unspecified atom stereocenters. The zero-order valence-corrected chi connectivity index (χ0v) is 9.41. The Hall–Kier alpha value is 0. The number of hydrogen-bond acceptors (Lipinski definition) is 0. The molecule has 0 N–H and O–H groups in total. The topological polar surface area (TPSA) is 0 Å². The van der Waals surface area contributed by atoms with E-state index in [1.807, 2.05) is 0 Å². The Balaban J connectivity index is 2.66. The van der Waals surface area contributed by atoms with Crippen molar-refractivity contribution in [1.82, 2.24) is 0 Å². The summed E-state index contributed by atoms with van der Waals surface area (Å²) < 4.78 is 0. The van der Waals surface area contributed by atoms with Gasteiger partial charge in [0.2, 0.25) is 0 Å². The predicted octanol–water partition coefficient (Wildman–Crippen LogP) is 4.25. The first-order valence-corrected chi connectivity index (χ1v) is 5.42. The van der Waals surface area contributed by atoms with Crippen LogP contribution >= 0.6 is 0 Å². The van der Waals surface area contributed by atoms with E-state index in [0.717, 1.165) is 5.92 Å². The Bertz CT molecular complexity index is 159. The summed E-state index contributed by atoms with van der Waals surface area (Å²) in [7, 11) is 0. The molecular formula is C12H24. The Morgan fingerprint density at radius 3 is 2.00 bits per heavy atom. The van der Waals surface area contributed by atoms with Gasteiger partial charge in [-0.1, -0.05) is 41.0 Å². The van der Waals surface area contributed by atoms with Crippen molar-refractivity contribution in [2.75, 3.05) is 0 Å². The number of rotatable bonds is 2. The summed E-state index contributed by atoms with van der Waals surface area (Å²) >= 11 is 0. The second-order valence-electron chi connectivity index (χ2n) is 5.65. The molecule has 0 nitrogen and oxygen atoms in total. The highest BCUT2D eigenvalue weighted by Crippen LogP contribution is 2.54. The summed E-state index contributed by atoms with van der Waals surface area (Å²) in [5.74, 6) is 0.853. The van der Waals surface area contributed by atoms with Crippen molar-refractivity contribution in [2.45, 2.75) is 60.3 Å². The average Bonchev–Trinajstić information content (AvgIpc) is 2.30. The van der Waals surface area contributed by atoms with Crippen LogP contribution in [0.1, 0.15) is 60.3 Å². The van der Waals surface area contributed by atoms with E-state index in [9.17, 15) is 0 Å². The molecule has 0 aliphatic heterocycles. The van der Waals surface area contributed by atoms with Gasteiger partial charge >= 0.3 is 0 Å². The van der Waals surface area contributed by atoms with Gasteiger partial charge in [-0.05, 0) is 36.0 Å². The Morgan fingerprint density at radius 1 is 1.17 bits per heavy atom. The van der Waals surface area contributed by atoms with Crippen LogP contribution in [0, 0.1) is 16.7 Å². The third-order valence-electron chi connectivity index (χ3n) is 4.38. The van der Waals surface area contributed by atoms with Gasteiger partial charge in [0.15, 0.2) is 0 Å². The Labute approximate surface area is 77.7 Å². The second kappa shape index (κ2) is 3.05. The zero-order chi connectivity index (χ0) is 9.41. The lowest BCUT2D eigenvalue weighted by Gasteiger charge is -2.31. The van der Waals surface area contributed by atoms with E-state index in [2.05, 4.69) is 34.6 Å². The Morgan fingerprint density at radius 2 is 1.75 bits per heavy atom. The van der Waals surface area contributed by atoms with Gasteiger partial charge in [-0.15, -0.1) is 0 Å². The maximum Gasteiger partial charge on any atom is -0.0297 e. The normalized spacial score (nSPS) is 42.5. The number of hydrogen-bond donors (Lipinski definition) is 0. The molecule has 2 atom stereocenters. The molecule has 1 rings (SSSR count). The SMILES string of the molecule is CCC1(C)CCC(C)(C(C)C)C1. The minimum atomic E-state index is 0.630. The fourth-order valence-electron chi connectivity index (χ4n) is 2.53. The van der Waals surface area contributed by atoms with Crippen LogP contribution in [0.5, 0.6) is 0 Å². The van der Waals surface area contributed by atoms with Crippen LogP contribution in [-0.4, -0.2) is 0 Å². The lowest BCUT2D eigenvalue weighted by atomic mass is 9.74. The highest BCUT2D eigenvalue weighted by molar-refractivity contribution is 4.93. The third kappa shape index (κ3) is 1.67. The summed E-state index contributed by atoms with van der Waals surface area (Å²) in [5.41, 5.74) is 1.28. The highest BCUT2D eigenvalue weighted by Gasteiger charge is 2.42. The molecular weight excluding hydrogens is 144 g/mol. The van der Waals surface area contributed by atoms with Gasteiger partial charge in [0.1, 0.15) is 0 Å². The van der Waals surface area contributed by atoms with Gasteiger partial charge in [-0.25, -0.2) is 0 Å². The van der Waals surface area contributed by atoms with Gasteiger partial charge in [-0.3, -0.25) is 0 Å². The Kier molecular flexibility index (Phi) is 2.56. The van der Waals surface area contributed by atoms with E-state index in [4.69, 9.17) is 0 Å². The molecule has 1 aliphatic carbocycles. The molecule has 0 bridgehead atoms. The van der Waals surface area contributed by atoms with Crippen molar-refractivity contribution in [2.24, 2.45) is 16.7 Å². The zero-order valence-electron chi connectivity index (χ0n) is 9.41. The van der Waals surface area contributed by atoms with Gasteiger partial charge in [0, 0.05) is 0 Å². The van der Waals surface area contributed by atoms with E-state index in [-0.39, 0.29) is 0 Å². The van der Waals surface area contributed by atoms with Crippen LogP contribution in [0.3, 0.4) is 0 Å². The van der Waals surface area contributed by atoms with Crippen molar-refractivity contribution in [3.05, 3.63) is 0 Å². The molecule has 0 radical (unpaired) electrons. The van der Waals surface area contributed by atoms with Crippen LogP contribution in [0.2, 0.25) is 0 Å². The maximum atomic E-state index is 2.47. The van der Waals surface area contributed by atoms with Crippen LogP contribution in [-0.2, 0) is 0 Å². The minimum Gasteiger partial charge on any atom is -0.0649 e. The quantitative estimate of drug-likeness (QED) is 0.578. The summed E-state index contributed by atoms with van der Waals surface area (Å²) in [5, 5.41) is 0. The van der Waals surface area contributed by atoms with E-state index in [0.29, 0.717) is 10.8 Å². The molecule has 1 aliphatic rings. The third-order valence-corrected chi connectivity index (χ3v) is 4.38. The first kappa shape index (κ1) is 10.1. The fourth-order valence-corrected chi connectivity index (χ4v) is 2.53. The molecule has 1 fully saturated rings. The monoisotopic (exact) mass is 168 g/mol. The van der Waals surface area contributed by atoms with Crippen molar-refractivity contribution >= 4 is 0 Å². The van der Waals surface area contributed by atoms with Crippen molar-refractivity contribution < 1.29 is 0 Å². The van der Waals surface area contributed by atoms with E-state index >= 15 is 0 Å². The molecule has 0 heteroatoms. The van der Waals surface area contributed by atoms with E-state index in [1.54, 1.807) is 0 Å². The van der Waals surface area contributed by atoms with Gasteiger partial charge in [0.05, 0.1) is 0 Å². The smallest absolute Gasteiger partial charge is 0.0297 e. The van der Waals surface area contributed by atoms with Gasteiger partial charge < -0.3 is 0 Å². The fraction of sp³-hybridized carbons (Fsp3) is 1.00. The molecule has 0 aromatic heterocycles. The molecule has 0 aromatic rings.